The SMILES string of the molecule is C[C@H](NC(=O)C(C)(C)N1CCC(Oc2cccc(C(F)(F)F)c2)C1)c1ccc(S(N)(=O)=O)cc1.Cl. The molecular formula is C23H29ClF3N3O4S. The lowest BCUT2D eigenvalue weighted by molar-refractivity contribution is -0.137. The van der Waals surface area contributed by atoms with Gasteiger partial charge in [0, 0.05) is 13.1 Å². The number of amides is 1. The predicted octanol–water partition coefficient (Wildman–Crippen LogP) is 3.88. The van der Waals surface area contributed by atoms with Gasteiger partial charge in [0.1, 0.15) is 11.9 Å². The Kier molecular flexibility index (Phi) is 8.86. The largest absolute Gasteiger partial charge is 0.489 e. The first-order valence-corrected chi connectivity index (χ1v) is 12.3. The first kappa shape index (κ1) is 28.9. The highest BCUT2D eigenvalue weighted by molar-refractivity contribution is 7.89. The summed E-state index contributed by atoms with van der Waals surface area (Å²) in [6.45, 7) is 6.25. The van der Waals surface area contributed by atoms with E-state index in [9.17, 15) is 26.4 Å². The molecule has 1 aliphatic rings. The van der Waals surface area contributed by atoms with Gasteiger partial charge in [0.15, 0.2) is 0 Å². The van der Waals surface area contributed by atoms with E-state index in [2.05, 4.69) is 5.32 Å². The third-order valence-electron chi connectivity index (χ3n) is 6.01. The minimum absolute atomic E-state index is 0. The number of nitrogens with zero attached hydrogens (tertiary/aromatic N) is 1. The average molecular weight is 536 g/mol. The number of nitrogens with one attached hydrogen (secondary N) is 1. The number of likely N-dealkylation sites (tertiary alicyclic amines) is 1. The Bertz CT molecular complexity index is 1140. The van der Waals surface area contributed by atoms with Gasteiger partial charge in [-0.25, -0.2) is 13.6 Å². The Hall–Kier alpha value is -2.34. The number of halogens is 4. The van der Waals surface area contributed by atoms with E-state index in [0.717, 1.165) is 12.1 Å². The van der Waals surface area contributed by atoms with E-state index in [1.54, 1.807) is 32.9 Å². The molecule has 1 aliphatic heterocycles. The minimum Gasteiger partial charge on any atom is -0.489 e. The van der Waals surface area contributed by atoms with Gasteiger partial charge < -0.3 is 10.1 Å². The fourth-order valence-corrected chi connectivity index (χ4v) is 4.33. The highest BCUT2D eigenvalue weighted by Crippen LogP contribution is 2.32. The van der Waals surface area contributed by atoms with Crippen LogP contribution >= 0.6 is 12.4 Å². The molecule has 2 aromatic rings. The van der Waals surface area contributed by atoms with Crippen LogP contribution in [0.4, 0.5) is 13.2 Å². The van der Waals surface area contributed by atoms with Gasteiger partial charge in [-0.2, -0.15) is 13.2 Å². The predicted molar refractivity (Wildman–Crippen MR) is 128 cm³/mol. The normalized spacial score (nSPS) is 18.0. The van der Waals surface area contributed by atoms with Gasteiger partial charge >= 0.3 is 6.18 Å². The van der Waals surface area contributed by atoms with Crippen molar-refractivity contribution in [2.24, 2.45) is 5.14 Å². The molecule has 0 saturated carbocycles. The van der Waals surface area contributed by atoms with E-state index in [-0.39, 0.29) is 41.1 Å². The number of rotatable bonds is 7. The maximum Gasteiger partial charge on any atom is 0.416 e. The summed E-state index contributed by atoms with van der Waals surface area (Å²) in [7, 11) is -3.80. The summed E-state index contributed by atoms with van der Waals surface area (Å²) in [5.74, 6) is -0.101. The number of hydrogen-bond acceptors (Lipinski definition) is 5. The molecule has 12 heteroatoms. The minimum atomic E-state index is -4.45. The molecule has 0 aromatic heterocycles. The molecule has 1 amide bonds. The summed E-state index contributed by atoms with van der Waals surface area (Å²) in [5.41, 5.74) is -0.963. The maximum atomic E-state index is 13.0. The van der Waals surface area contributed by atoms with Gasteiger partial charge in [0.05, 0.1) is 22.0 Å². The monoisotopic (exact) mass is 535 g/mol. The lowest BCUT2D eigenvalue weighted by atomic mass is 10.0. The van der Waals surface area contributed by atoms with Gasteiger partial charge in [-0.3, -0.25) is 9.69 Å². The van der Waals surface area contributed by atoms with Crippen LogP contribution in [0, 0.1) is 0 Å². The number of carbonyl (C=O) groups excluding carboxylic acids is 1. The number of benzene rings is 2. The number of carbonyl (C=O) groups is 1. The van der Waals surface area contributed by atoms with E-state index in [4.69, 9.17) is 9.88 Å². The number of primary sulfonamides is 1. The second-order valence-electron chi connectivity index (χ2n) is 8.87. The Morgan fingerprint density at radius 3 is 2.37 bits per heavy atom. The van der Waals surface area contributed by atoms with Crippen molar-refractivity contribution in [3.63, 3.8) is 0 Å². The van der Waals surface area contributed by atoms with Crippen LogP contribution < -0.4 is 15.2 Å². The lowest BCUT2D eigenvalue weighted by Crippen LogP contribution is -2.54. The molecule has 0 bridgehead atoms. The van der Waals surface area contributed by atoms with Crippen molar-refractivity contribution in [1.82, 2.24) is 10.2 Å². The highest BCUT2D eigenvalue weighted by atomic mass is 35.5. The summed E-state index contributed by atoms with van der Waals surface area (Å²) < 4.78 is 67.4. The topological polar surface area (TPSA) is 102 Å². The number of alkyl halides is 3. The van der Waals surface area contributed by atoms with Crippen molar-refractivity contribution in [3.05, 3.63) is 59.7 Å². The smallest absolute Gasteiger partial charge is 0.416 e. The summed E-state index contributed by atoms with van der Waals surface area (Å²) in [4.78, 5) is 15.0. The molecule has 2 aromatic carbocycles. The molecule has 1 saturated heterocycles. The fraction of sp³-hybridized carbons (Fsp3) is 0.435. The number of nitrogens with two attached hydrogens (primary N) is 1. The zero-order chi connectivity index (χ0) is 25.3. The molecule has 1 heterocycles. The van der Waals surface area contributed by atoms with Crippen LogP contribution in [-0.4, -0.2) is 44.0 Å². The molecular weight excluding hydrogens is 507 g/mol. The molecule has 3 N–H and O–H groups in total. The molecule has 1 fully saturated rings. The zero-order valence-electron chi connectivity index (χ0n) is 19.5. The van der Waals surface area contributed by atoms with Gasteiger partial charge in [-0.1, -0.05) is 18.2 Å². The van der Waals surface area contributed by atoms with Gasteiger partial charge in [0.2, 0.25) is 15.9 Å². The third kappa shape index (κ3) is 7.09. The van der Waals surface area contributed by atoms with Crippen LogP contribution in [0.5, 0.6) is 5.75 Å². The van der Waals surface area contributed by atoms with E-state index in [1.807, 2.05) is 4.90 Å². The van der Waals surface area contributed by atoms with Gasteiger partial charge in [0.25, 0.3) is 0 Å². The summed E-state index contributed by atoms with van der Waals surface area (Å²) in [5, 5.41) is 8.05. The van der Waals surface area contributed by atoms with Crippen LogP contribution in [0.2, 0.25) is 0 Å². The van der Waals surface area contributed by atoms with E-state index >= 15 is 0 Å². The molecule has 0 radical (unpaired) electrons. The number of hydrogen-bond donors (Lipinski definition) is 2. The van der Waals surface area contributed by atoms with Crippen molar-refractivity contribution in [3.8, 4) is 5.75 Å². The second-order valence-corrected chi connectivity index (χ2v) is 10.4. The second kappa shape index (κ2) is 10.7. The third-order valence-corrected chi connectivity index (χ3v) is 6.94. The molecule has 1 unspecified atom stereocenters. The van der Waals surface area contributed by atoms with E-state index in [1.165, 1.54) is 24.3 Å². The Labute approximate surface area is 209 Å². The van der Waals surface area contributed by atoms with Crippen LogP contribution in [-0.2, 0) is 21.0 Å². The number of sulfonamides is 1. The molecule has 194 valence electrons. The van der Waals surface area contributed by atoms with Crippen LogP contribution in [0.25, 0.3) is 0 Å². The lowest BCUT2D eigenvalue weighted by Gasteiger charge is -2.35. The van der Waals surface area contributed by atoms with E-state index in [0.29, 0.717) is 25.1 Å². The number of ether oxygens (including phenoxy) is 1. The summed E-state index contributed by atoms with van der Waals surface area (Å²) in [6, 6.07) is 10.3. The highest BCUT2D eigenvalue weighted by Gasteiger charge is 2.40. The van der Waals surface area contributed by atoms with Crippen LogP contribution in [0.3, 0.4) is 0 Å². The molecule has 35 heavy (non-hydrogen) atoms. The van der Waals surface area contributed by atoms with Crippen LogP contribution in [0.1, 0.15) is 44.4 Å². The van der Waals surface area contributed by atoms with Crippen molar-refractivity contribution < 1.29 is 31.1 Å². The van der Waals surface area contributed by atoms with Crippen molar-refractivity contribution in [2.75, 3.05) is 13.1 Å². The molecule has 2 atom stereocenters. The van der Waals surface area contributed by atoms with Crippen molar-refractivity contribution in [1.29, 1.82) is 0 Å². The molecule has 0 spiro atoms. The summed E-state index contributed by atoms with van der Waals surface area (Å²) >= 11 is 0. The van der Waals surface area contributed by atoms with Crippen molar-refractivity contribution >= 4 is 28.3 Å². The average Bonchev–Trinajstić information content (AvgIpc) is 3.22. The Morgan fingerprint density at radius 2 is 1.80 bits per heavy atom. The first-order valence-electron chi connectivity index (χ1n) is 10.7. The van der Waals surface area contributed by atoms with Gasteiger partial charge in [-0.15, -0.1) is 12.4 Å². The summed E-state index contributed by atoms with van der Waals surface area (Å²) in [6.07, 6.45) is -4.23. The van der Waals surface area contributed by atoms with Gasteiger partial charge in [-0.05, 0) is 63.1 Å². The standard InChI is InChI=1S/C23H28F3N3O4S.ClH/c1-15(16-7-9-20(10-8-16)34(27,31)32)28-21(30)22(2,3)29-12-11-19(14-29)33-18-6-4-5-17(13-18)23(24,25)26;/h4-10,13,15,19H,11-12,14H2,1-3H3,(H,28,30)(H2,27,31,32);1H/t15-,19?;/m0./s1. The van der Waals surface area contributed by atoms with E-state index < -0.39 is 27.3 Å². The first-order chi connectivity index (χ1) is 15.7. The molecule has 0 aliphatic carbocycles. The molecule has 3 rings (SSSR count). The van der Waals surface area contributed by atoms with Crippen LogP contribution in [0.15, 0.2) is 53.4 Å². The Morgan fingerprint density at radius 1 is 1.17 bits per heavy atom. The molecule has 7 nitrogen and oxygen atoms in total. The maximum absolute atomic E-state index is 13.0. The Balaban J connectivity index is 0.00000432. The fourth-order valence-electron chi connectivity index (χ4n) is 3.82. The quantitative estimate of drug-likeness (QED) is 0.560. The zero-order valence-corrected chi connectivity index (χ0v) is 21.1. The van der Waals surface area contributed by atoms with Crippen molar-refractivity contribution in [2.45, 2.75) is 55.9 Å².